The fourth-order valence-electron chi connectivity index (χ4n) is 3.18. The van der Waals surface area contributed by atoms with Crippen LogP contribution in [0, 0.1) is 0 Å². The smallest absolute Gasteiger partial charge is 0.355 e. The third-order valence-electron chi connectivity index (χ3n) is 4.18. The van der Waals surface area contributed by atoms with Crippen LogP contribution < -0.4 is 0 Å². The van der Waals surface area contributed by atoms with E-state index in [-0.39, 0.29) is 11.9 Å². The molecule has 0 saturated carbocycles. The molecule has 1 unspecified atom stereocenters. The van der Waals surface area contributed by atoms with Crippen molar-refractivity contribution in [1.82, 2.24) is 4.98 Å². The zero-order valence-electron chi connectivity index (χ0n) is 13.5. The molecule has 0 spiro atoms. The van der Waals surface area contributed by atoms with Crippen LogP contribution in [0.3, 0.4) is 0 Å². The van der Waals surface area contributed by atoms with Crippen molar-refractivity contribution in [1.29, 1.82) is 0 Å². The van der Waals surface area contributed by atoms with Gasteiger partial charge in [0.15, 0.2) is 0 Å². The van der Waals surface area contributed by atoms with Gasteiger partial charge in [0.2, 0.25) is 0 Å². The molecule has 0 amide bonds. The molecule has 0 aliphatic rings. The largest absolute Gasteiger partial charge is 0.461 e. The summed E-state index contributed by atoms with van der Waals surface area (Å²) in [4.78, 5) is 15.7. The number of carbonyl (C=O) groups is 1. The Bertz CT molecular complexity index is 805. The number of benzene rings is 2. The molecule has 1 atom stereocenters. The highest BCUT2D eigenvalue weighted by Gasteiger charge is 2.25. The second kappa shape index (κ2) is 6.69. The van der Waals surface area contributed by atoms with Crippen LogP contribution in [0.5, 0.6) is 0 Å². The van der Waals surface area contributed by atoms with Gasteiger partial charge in [-0.2, -0.15) is 0 Å². The second-order valence-corrected chi connectivity index (χ2v) is 5.55. The maximum atomic E-state index is 12.4. The molecule has 2 aromatic carbocycles. The topological polar surface area (TPSA) is 42.1 Å². The second-order valence-electron chi connectivity index (χ2n) is 5.55. The molecular formula is C20H21NO2. The van der Waals surface area contributed by atoms with Crippen molar-refractivity contribution in [2.75, 3.05) is 6.61 Å². The molecule has 0 aliphatic carbocycles. The molecule has 3 nitrogen and oxygen atoms in total. The molecule has 0 saturated heterocycles. The van der Waals surface area contributed by atoms with Crippen molar-refractivity contribution >= 4 is 16.9 Å². The zero-order valence-corrected chi connectivity index (χ0v) is 13.5. The highest BCUT2D eigenvalue weighted by Crippen LogP contribution is 2.36. The standard InChI is InChI=1S/C20H21NO2/c1-3-15(14-10-6-5-7-11-14)18-16-12-8-9-13-17(16)21-19(18)20(22)23-4-2/h5-13,15,21H,3-4H2,1-2H3. The number of para-hydroxylation sites is 1. The molecular weight excluding hydrogens is 286 g/mol. The number of ether oxygens (including phenoxy) is 1. The molecule has 23 heavy (non-hydrogen) atoms. The SMILES string of the molecule is CCOC(=O)c1[nH]c2ccccc2c1C(CC)c1ccccc1. The first-order chi connectivity index (χ1) is 11.3. The van der Waals surface area contributed by atoms with Crippen molar-refractivity contribution in [2.45, 2.75) is 26.2 Å². The summed E-state index contributed by atoms with van der Waals surface area (Å²) in [5.41, 5.74) is 3.79. The normalized spacial score (nSPS) is 12.3. The van der Waals surface area contributed by atoms with E-state index in [2.05, 4.69) is 30.1 Å². The fraction of sp³-hybridized carbons (Fsp3) is 0.250. The Kier molecular flexibility index (Phi) is 4.47. The van der Waals surface area contributed by atoms with E-state index in [1.165, 1.54) is 5.56 Å². The van der Waals surface area contributed by atoms with Crippen LogP contribution in [0.4, 0.5) is 0 Å². The number of esters is 1. The maximum absolute atomic E-state index is 12.4. The Balaban J connectivity index is 2.21. The van der Waals surface area contributed by atoms with E-state index in [0.29, 0.717) is 12.3 Å². The fourth-order valence-corrected chi connectivity index (χ4v) is 3.18. The Morgan fingerprint density at radius 2 is 1.74 bits per heavy atom. The van der Waals surface area contributed by atoms with Gasteiger partial charge in [0.1, 0.15) is 5.69 Å². The maximum Gasteiger partial charge on any atom is 0.355 e. The van der Waals surface area contributed by atoms with Crippen LogP contribution >= 0.6 is 0 Å². The van der Waals surface area contributed by atoms with Gasteiger partial charge in [-0.05, 0) is 30.5 Å². The van der Waals surface area contributed by atoms with Crippen molar-refractivity contribution in [2.24, 2.45) is 0 Å². The van der Waals surface area contributed by atoms with Gasteiger partial charge in [-0.25, -0.2) is 4.79 Å². The molecule has 0 radical (unpaired) electrons. The minimum absolute atomic E-state index is 0.159. The number of carbonyl (C=O) groups excluding carboxylic acids is 1. The molecule has 0 aliphatic heterocycles. The molecule has 1 N–H and O–H groups in total. The van der Waals surface area contributed by atoms with E-state index in [0.717, 1.165) is 22.9 Å². The number of hydrogen-bond donors (Lipinski definition) is 1. The summed E-state index contributed by atoms with van der Waals surface area (Å²) in [5.74, 6) is -0.125. The van der Waals surface area contributed by atoms with Gasteiger partial charge in [0.05, 0.1) is 6.61 Å². The first kappa shape index (κ1) is 15.3. The molecule has 3 heteroatoms. The number of aromatic nitrogens is 1. The number of H-pyrrole nitrogens is 1. The van der Waals surface area contributed by atoms with E-state index in [9.17, 15) is 4.79 Å². The highest BCUT2D eigenvalue weighted by atomic mass is 16.5. The Morgan fingerprint density at radius 1 is 1.04 bits per heavy atom. The van der Waals surface area contributed by atoms with Gasteiger partial charge >= 0.3 is 5.97 Å². The van der Waals surface area contributed by atoms with Gasteiger partial charge in [-0.1, -0.05) is 55.5 Å². The summed E-state index contributed by atoms with van der Waals surface area (Å²) in [6.07, 6.45) is 0.915. The number of aromatic amines is 1. The average molecular weight is 307 g/mol. The van der Waals surface area contributed by atoms with Crippen molar-refractivity contribution < 1.29 is 9.53 Å². The molecule has 0 fully saturated rings. The van der Waals surface area contributed by atoms with E-state index < -0.39 is 0 Å². The zero-order chi connectivity index (χ0) is 16.2. The van der Waals surface area contributed by atoms with E-state index in [1.807, 2.05) is 43.3 Å². The summed E-state index contributed by atoms with van der Waals surface area (Å²) in [5, 5.41) is 1.09. The monoisotopic (exact) mass is 307 g/mol. The minimum Gasteiger partial charge on any atom is -0.461 e. The predicted octanol–water partition coefficient (Wildman–Crippen LogP) is 4.89. The summed E-state index contributed by atoms with van der Waals surface area (Å²) >= 11 is 0. The Morgan fingerprint density at radius 3 is 2.43 bits per heavy atom. The van der Waals surface area contributed by atoms with Crippen LogP contribution in [0.1, 0.15) is 47.8 Å². The molecule has 3 aromatic rings. The van der Waals surface area contributed by atoms with Gasteiger partial charge in [0.25, 0.3) is 0 Å². The lowest BCUT2D eigenvalue weighted by atomic mass is 9.87. The summed E-state index contributed by atoms with van der Waals surface area (Å²) in [6.45, 7) is 4.35. The number of hydrogen-bond acceptors (Lipinski definition) is 2. The van der Waals surface area contributed by atoms with Crippen LogP contribution in [0.2, 0.25) is 0 Å². The van der Waals surface area contributed by atoms with Crippen molar-refractivity contribution in [3.8, 4) is 0 Å². The van der Waals surface area contributed by atoms with Gasteiger partial charge in [0, 0.05) is 16.8 Å². The minimum atomic E-state index is -0.284. The lowest BCUT2D eigenvalue weighted by molar-refractivity contribution is 0.0519. The van der Waals surface area contributed by atoms with Crippen LogP contribution in [-0.2, 0) is 4.74 Å². The van der Waals surface area contributed by atoms with E-state index >= 15 is 0 Å². The Labute approximate surface area is 136 Å². The van der Waals surface area contributed by atoms with Crippen molar-refractivity contribution in [3.05, 3.63) is 71.4 Å². The van der Waals surface area contributed by atoms with E-state index in [4.69, 9.17) is 4.74 Å². The molecule has 118 valence electrons. The first-order valence-corrected chi connectivity index (χ1v) is 8.08. The lowest BCUT2D eigenvalue weighted by Crippen LogP contribution is -2.11. The molecule has 3 rings (SSSR count). The van der Waals surface area contributed by atoms with Crippen LogP contribution in [-0.4, -0.2) is 17.6 Å². The van der Waals surface area contributed by atoms with Gasteiger partial charge in [-0.3, -0.25) is 0 Å². The lowest BCUT2D eigenvalue weighted by Gasteiger charge is -2.17. The van der Waals surface area contributed by atoms with Crippen LogP contribution in [0.15, 0.2) is 54.6 Å². The molecule has 1 aromatic heterocycles. The number of fused-ring (bicyclic) bond motifs is 1. The summed E-state index contributed by atoms with van der Waals surface area (Å²) in [7, 11) is 0. The van der Waals surface area contributed by atoms with Gasteiger partial charge in [-0.15, -0.1) is 0 Å². The van der Waals surface area contributed by atoms with E-state index in [1.54, 1.807) is 0 Å². The van der Waals surface area contributed by atoms with Crippen LogP contribution in [0.25, 0.3) is 10.9 Å². The number of nitrogens with one attached hydrogen (secondary N) is 1. The van der Waals surface area contributed by atoms with Gasteiger partial charge < -0.3 is 9.72 Å². The summed E-state index contributed by atoms with van der Waals surface area (Å²) in [6, 6.07) is 18.4. The average Bonchev–Trinajstić information content (AvgIpc) is 2.97. The quantitative estimate of drug-likeness (QED) is 0.682. The molecule has 0 bridgehead atoms. The Hall–Kier alpha value is -2.55. The van der Waals surface area contributed by atoms with Crippen molar-refractivity contribution in [3.63, 3.8) is 0 Å². The predicted molar refractivity (Wildman–Crippen MR) is 92.8 cm³/mol. The third-order valence-corrected chi connectivity index (χ3v) is 4.18. The first-order valence-electron chi connectivity index (χ1n) is 8.08. The third kappa shape index (κ3) is 2.87. The molecule has 1 heterocycles. The number of rotatable bonds is 5. The summed E-state index contributed by atoms with van der Waals surface area (Å²) < 4.78 is 5.26. The highest BCUT2D eigenvalue weighted by molar-refractivity contribution is 5.99.